The van der Waals surface area contributed by atoms with Crippen LogP contribution >= 0.6 is 0 Å². The Hall–Kier alpha value is -2.86. The summed E-state index contributed by atoms with van der Waals surface area (Å²) in [5.41, 5.74) is 4.57. The SMILES string of the molecule is O=C(Cc1ccc(N2CCCC2=O)cc1)N1CCN(Cc2ccc3c(c2)CCO3)CC1. The summed E-state index contributed by atoms with van der Waals surface area (Å²) in [5, 5.41) is 0. The van der Waals surface area contributed by atoms with Gasteiger partial charge < -0.3 is 14.5 Å². The molecule has 162 valence electrons. The zero-order valence-electron chi connectivity index (χ0n) is 17.9. The van der Waals surface area contributed by atoms with Gasteiger partial charge in [0.05, 0.1) is 13.0 Å². The van der Waals surface area contributed by atoms with Crippen molar-refractivity contribution >= 4 is 17.5 Å². The molecule has 2 fully saturated rings. The predicted octanol–water partition coefficient (Wildman–Crippen LogP) is 2.64. The van der Waals surface area contributed by atoms with Crippen LogP contribution in [-0.4, -0.2) is 60.9 Å². The van der Waals surface area contributed by atoms with Crippen LogP contribution in [0.25, 0.3) is 0 Å². The van der Waals surface area contributed by atoms with Gasteiger partial charge in [-0.2, -0.15) is 0 Å². The second-order valence-electron chi connectivity index (χ2n) is 8.69. The lowest BCUT2D eigenvalue weighted by Crippen LogP contribution is -2.48. The maximum Gasteiger partial charge on any atom is 0.227 e. The van der Waals surface area contributed by atoms with E-state index in [1.807, 2.05) is 34.1 Å². The van der Waals surface area contributed by atoms with Crippen molar-refractivity contribution < 1.29 is 14.3 Å². The van der Waals surface area contributed by atoms with Gasteiger partial charge >= 0.3 is 0 Å². The monoisotopic (exact) mass is 419 g/mol. The van der Waals surface area contributed by atoms with Gasteiger partial charge in [0, 0.05) is 57.8 Å². The highest BCUT2D eigenvalue weighted by atomic mass is 16.5. The molecule has 6 heteroatoms. The third-order valence-corrected chi connectivity index (χ3v) is 6.56. The van der Waals surface area contributed by atoms with Crippen LogP contribution in [0, 0.1) is 0 Å². The first kappa shape index (κ1) is 20.1. The molecule has 0 aliphatic carbocycles. The number of ether oxygens (including phenoxy) is 1. The molecule has 0 atom stereocenters. The number of fused-ring (bicyclic) bond motifs is 1. The summed E-state index contributed by atoms with van der Waals surface area (Å²) in [6, 6.07) is 14.4. The van der Waals surface area contributed by atoms with Crippen molar-refractivity contribution in [3.63, 3.8) is 0 Å². The number of rotatable bonds is 5. The van der Waals surface area contributed by atoms with E-state index in [0.29, 0.717) is 12.8 Å². The van der Waals surface area contributed by atoms with E-state index in [4.69, 9.17) is 4.74 Å². The zero-order valence-corrected chi connectivity index (χ0v) is 17.9. The lowest BCUT2D eigenvalue weighted by molar-refractivity contribution is -0.132. The smallest absolute Gasteiger partial charge is 0.227 e. The van der Waals surface area contributed by atoms with Crippen LogP contribution in [0.1, 0.15) is 29.5 Å². The second-order valence-corrected chi connectivity index (χ2v) is 8.69. The Morgan fingerprint density at radius 3 is 2.42 bits per heavy atom. The minimum Gasteiger partial charge on any atom is -0.493 e. The van der Waals surface area contributed by atoms with E-state index in [-0.39, 0.29) is 11.8 Å². The Bertz CT molecular complexity index is 964. The minimum atomic E-state index is 0.180. The first-order valence-corrected chi connectivity index (χ1v) is 11.3. The number of anilines is 1. The molecule has 2 saturated heterocycles. The maximum atomic E-state index is 12.8. The van der Waals surface area contributed by atoms with Crippen molar-refractivity contribution in [1.82, 2.24) is 9.80 Å². The molecule has 0 saturated carbocycles. The molecule has 0 aromatic heterocycles. The van der Waals surface area contributed by atoms with E-state index >= 15 is 0 Å². The molecule has 5 rings (SSSR count). The predicted molar refractivity (Wildman–Crippen MR) is 119 cm³/mol. The van der Waals surface area contributed by atoms with Crippen molar-refractivity contribution in [1.29, 1.82) is 0 Å². The molecule has 0 radical (unpaired) electrons. The summed E-state index contributed by atoms with van der Waals surface area (Å²) in [6.45, 7) is 5.84. The van der Waals surface area contributed by atoms with E-state index < -0.39 is 0 Å². The number of carbonyl (C=O) groups excluding carboxylic acids is 2. The van der Waals surface area contributed by atoms with Gasteiger partial charge in [-0.3, -0.25) is 14.5 Å². The summed E-state index contributed by atoms with van der Waals surface area (Å²) in [7, 11) is 0. The fourth-order valence-electron chi connectivity index (χ4n) is 4.75. The third kappa shape index (κ3) is 4.44. The standard InChI is InChI=1S/C25H29N3O3/c29-24-2-1-10-28(24)22-6-3-19(4-7-22)17-25(30)27-13-11-26(12-14-27)18-20-5-8-23-21(16-20)9-15-31-23/h3-8,16H,1-2,9-15,17-18H2. The summed E-state index contributed by atoms with van der Waals surface area (Å²) >= 11 is 0. The highest BCUT2D eigenvalue weighted by Crippen LogP contribution is 2.26. The largest absolute Gasteiger partial charge is 0.493 e. The first-order chi connectivity index (χ1) is 15.2. The number of nitrogens with zero attached hydrogens (tertiary/aromatic N) is 3. The molecule has 6 nitrogen and oxygen atoms in total. The summed E-state index contributed by atoms with van der Waals surface area (Å²) < 4.78 is 5.59. The Kier molecular flexibility index (Phi) is 5.64. The number of piperazine rings is 1. The van der Waals surface area contributed by atoms with Crippen LogP contribution < -0.4 is 9.64 Å². The molecular weight excluding hydrogens is 390 g/mol. The van der Waals surface area contributed by atoms with E-state index in [1.54, 1.807) is 0 Å². The van der Waals surface area contributed by atoms with E-state index in [1.165, 1.54) is 11.1 Å². The third-order valence-electron chi connectivity index (χ3n) is 6.56. The molecule has 2 aromatic rings. The highest BCUT2D eigenvalue weighted by molar-refractivity contribution is 5.95. The number of hydrogen-bond acceptors (Lipinski definition) is 4. The first-order valence-electron chi connectivity index (χ1n) is 11.3. The molecule has 2 aromatic carbocycles. The van der Waals surface area contributed by atoms with E-state index in [9.17, 15) is 9.59 Å². The van der Waals surface area contributed by atoms with Gasteiger partial charge in [0.15, 0.2) is 0 Å². The number of carbonyl (C=O) groups is 2. The average molecular weight is 420 g/mol. The molecule has 3 aliphatic rings. The highest BCUT2D eigenvalue weighted by Gasteiger charge is 2.23. The van der Waals surface area contributed by atoms with Crippen molar-refractivity contribution in [2.45, 2.75) is 32.2 Å². The van der Waals surface area contributed by atoms with Crippen LogP contribution in [0.15, 0.2) is 42.5 Å². The molecule has 0 spiro atoms. The fourth-order valence-corrected chi connectivity index (χ4v) is 4.75. The minimum absolute atomic E-state index is 0.180. The molecule has 31 heavy (non-hydrogen) atoms. The van der Waals surface area contributed by atoms with Crippen molar-refractivity contribution in [3.8, 4) is 5.75 Å². The quantitative estimate of drug-likeness (QED) is 0.748. The maximum absolute atomic E-state index is 12.8. The summed E-state index contributed by atoms with van der Waals surface area (Å²) in [4.78, 5) is 30.9. The van der Waals surface area contributed by atoms with Gasteiger partial charge in [0.25, 0.3) is 0 Å². The molecular formula is C25H29N3O3. The Labute approximate surface area is 183 Å². The molecule has 0 unspecified atom stereocenters. The van der Waals surface area contributed by atoms with Gasteiger partial charge in [-0.15, -0.1) is 0 Å². The molecule has 3 heterocycles. The van der Waals surface area contributed by atoms with Gasteiger partial charge in [-0.05, 0) is 41.3 Å². The van der Waals surface area contributed by atoms with E-state index in [2.05, 4.69) is 23.1 Å². The second kappa shape index (κ2) is 8.71. The topological polar surface area (TPSA) is 53.1 Å². The van der Waals surface area contributed by atoms with Crippen LogP contribution in [0.4, 0.5) is 5.69 Å². The average Bonchev–Trinajstić information content (AvgIpc) is 3.43. The lowest BCUT2D eigenvalue weighted by atomic mass is 10.1. The van der Waals surface area contributed by atoms with Crippen molar-refractivity contribution in [3.05, 3.63) is 59.2 Å². The van der Waals surface area contributed by atoms with Crippen LogP contribution in [0.5, 0.6) is 5.75 Å². The normalized spacial score (nSPS) is 18.9. The Morgan fingerprint density at radius 1 is 0.903 bits per heavy atom. The Balaban J connectivity index is 1.11. The van der Waals surface area contributed by atoms with Crippen LogP contribution in [0.3, 0.4) is 0 Å². The summed E-state index contributed by atoms with van der Waals surface area (Å²) in [5.74, 6) is 1.40. The van der Waals surface area contributed by atoms with Crippen molar-refractivity contribution in [2.75, 3.05) is 44.2 Å². The van der Waals surface area contributed by atoms with E-state index in [0.717, 1.165) is 75.7 Å². The number of hydrogen-bond donors (Lipinski definition) is 0. The molecule has 3 aliphatic heterocycles. The Morgan fingerprint density at radius 2 is 1.68 bits per heavy atom. The summed E-state index contributed by atoms with van der Waals surface area (Å²) in [6.07, 6.45) is 2.97. The molecule has 0 N–H and O–H groups in total. The van der Waals surface area contributed by atoms with Crippen LogP contribution in [0.2, 0.25) is 0 Å². The van der Waals surface area contributed by atoms with Gasteiger partial charge in [0.1, 0.15) is 5.75 Å². The number of benzene rings is 2. The van der Waals surface area contributed by atoms with Gasteiger partial charge in [-0.1, -0.05) is 24.3 Å². The van der Waals surface area contributed by atoms with Gasteiger partial charge in [-0.25, -0.2) is 0 Å². The van der Waals surface area contributed by atoms with Crippen LogP contribution in [-0.2, 0) is 29.0 Å². The number of amides is 2. The molecule has 0 bridgehead atoms. The lowest BCUT2D eigenvalue weighted by Gasteiger charge is -2.35. The van der Waals surface area contributed by atoms with Crippen molar-refractivity contribution in [2.24, 2.45) is 0 Å². The molecule has 2 amide bonds. The fraction of sp³-hybridized carbons (Fsp3) is 0.440. The van der Waals surface area contributed by atoms with Gasteiger partial charge in [0.2, 0.25) is 11.8 Å². The zero-order chi connectivity index (χ0) is 21.2.